The molecule has 2 aliphatic carbocycles. The number of imidazole rings is 1. The first-order valence-electron chi connectivity index (χ1n) is 13.4. The van der Waals surface area contributed by atoms with Gasteiger partial charge in [-0.3, -0.25) is 0 Å². The molecule has 0 radical (unpaired) electrons. The van der Waals surface area contributed by atoms with Crippen molar-refractivity contribution < 1.29 is 28.9 Å². The number of aryl methyl sites for hydroxylation is 1. The molecule has 2 atom stereocenters. The van der Waals surface area contributed by atoms with Crippen LogP contribution in [0.2, 0.25) is 0 Å². The summed E-state index contributed by atoms with van der Waals surface area (Å²) in [6.07, 6.45) is 24.0. The molecule has 37 heavy (non-hydrogen) atoms. The molecule has 2 aliphatic rings. The molecule has 0 bridgehead atoms. The Balaban J connectivity index is 0.000000501. The average molecular weight is 543 g/mol. The molecule has 1 N–H and O–H groups in total. The highest BCUT2D eigenvalue weighted by Crippen LogP contribution is 2.18. The maximum atomic E-state index is 11.1. The quantitative estimate of drug-likeness (QED) is 0.152. The lowest BCUT2D eigenvalue weighted by Crippen LogP contribution is -2.16. The summed E-state index contributed by atoms with van der Waals surface area (Å²) in [5.41, 5.74) is -0.710. The number of ether oxygens (including phenoxy) is 3. The molecular formula is C28H47ClN2O6. The lowest BCUT2D eigenvalue weighted by molar-refractivity contribution is 0.0425. The van der Waals surface area contributed by atoms with E-state index in [4.69, 9.17) is 26.2 Å². The van der Waals surface area contributed by atoms with Crippen LogP contribution in [0, 0.1) is 11.8 Å². The number of rotatable bonds is 9. The summed E-state index contributed by atoms with van der Waals surface area (Å²) in [7, 11) is 1.94. The van der Waals surface area contributed by atoms with E-state index in [1.54, 1.807) is 12.5 Å². The fourth-order valence-corrected chi connectivity index (χ4v) is 3.26. The first-order chi connectivity index (χ1) is 17.9. The Bertz CT molecular complexity index is 724. The van der Waals surface area contributed by atoms with Gasteiger partial charge >= 0.3 is 11.6 Å². The van der Waals surface area contributed by atoms with Gasteiger partial charge in [0.1, 0.15) is 0 Å². The van der Waals surface area contributed by atoms with E-state index in [0.29, 0.717) is 38.3 Å². The second kappa shape index (κ2) is 25.3. The largest absolute Gasteiger partial charge is 0.508 e. The van der Waals surface area contributed by atoms with Crippen molar-refractivity contribution >= 4 is 23.2 Å². The molecule has 9 heteroatoms. The van der Waals surface area contributed by atoms with Gasteiger partial charge in [0, 0.05) is 37.6 Å². The molecular weight excluding hydrogens is 496 g/mol. The monoisotopic (exact) mass is 542 g/mol. The minimum atomic E-state index is -0.710. The standard InChI is InChI=1S/C12H20O3.C7H12O.C5H9ClO2.C4H6N2/c1-2-3-9-14-12(13)15-10-11-7-5-4-6-8-11;8-6-7-4-2-1-3-5-7;1-2-3-4-8-5(6)7;1-6-3-2-5-4-6/h4-5,11H,2-3,6-10H2,1H3;1-2,7-8H,3-6H2;2-4H2,1H3;2-4H,1H3. The predicted molar refractivity (Wildman–Crippen MR) is 148 cm³/mol. The Morgan fingerprint density at radius 3 is 1.92 bits per heavy atom. The number of allylic oxidation sites excluding steroid dienone is 4. The number of aromatic nitrogens is 2. The normalized spacial score (nSPS) is 17.5. The predicted octanol–water partition coefficient (Wildman–Crippen LogP) is 7.21. The second-order valence-electron chi connectivity index (χ2n) is 8.91. The zero-order valence-electron chi connectivity index (χ0n) is 22.9. The third kappa shape index (κ3) is 23.8. The summed E-state index contributed by atoms with van der Waals surface area (Å²) in [6.45, 7) is 5.85. The van der Waals surface area contributed by atoms with Gasteiger partial charge in [-0.25, -0.2) is 14.6 Å². The summed E-state index contributed by atoms with van der Waals surface area (Å²) >= 11 is 4.85. The zero-order valence-corrected chi connectivity index (χ0v) is 23.6. The van der Waals surface area contributed by atoms with E-state index >= 15 is 0 Å². The van der Waals surface area contributed by atoms with E-state index in [1.165, 1.54) is 6.42 Å². The van der Waals surface area contributed by atoms with Gasteiger partial charge < -0.3 is 23.9 Å². The van der Waals surface area contributed by atoms with Gasteiger partial charge in [0.2, 0.25) is 0 Å². The van der Waals surface area contributed by atoms with E-state index in [0.717, 1.165) is 57.8 Å². The second-order valence-corrected chi connectivity index (χ2v) is 9.22. The first-order valence-corrected chi connectivity index (χ1v) is 13.7. The van der Waals surface area contributed by atoms with E-state index in [9.17, 15) is 9.59 Å². The molecule has 1 aromatic rings. The van der Waals surface area contributed by atoms with E-state index in [-0.39, 0.29) is 0 Å². The van der Waals surface area contributed by atoms with Crippen LogP contribution in [0.25, 0.3) is 0 Å². The molecule has 0 aliphatic heterocycles. The van der Waals surface area contributed by atoms with Crippen LogP contribution in [-0.2, 0) is 21.3 Å². The number of nitrogens with zero attached hydrogens (tertiary/aromatic N) is 2. The Hall–Kier alpha value is -2.32. The van der Waals surface area contributed by atoms with Crippen molar-refractivity contribution in [1.82, 2.24) is 9.55 Å². The van der Waals surface area contributed by atoms with Gasteiger partial charge in [-0.05, 0) is 63.2 Å². The van der Waals surface area contributed by atoms with Crippen LogP contribution in [0.15, 0.2) is 43.0 Å². The van der Waals surface area contributed by atoms with Gasteiger partial charge in [0.05, 0.1) is 26.1 Å². The van der Waals surface area contributed by atoms with Gasteiger partial charge in [0.15, 0.2) is 0 Å². The van der Waals surface area contributed by atoms with Crippen molar-refractivity contribution in [1.29, 1.82) is 0 Å². The molecule has 0 saturated carbocycles. The van der Waals surface area contributed by atoms with Crippen molar-refractivity contribution in [3.8, 4) is 0 Å². The minimum absolute atomic E-state index is 0.365. The highest BCUT2D eigenvalue weighted by molar-refractivity contribution is 6.61. The van der Waals surface area contributed by atoms with Gasteiger partial charge in [-0.2, -0.15) is 0 Å². The SMILES string of the molecule is CCCCOC(=O)Cl.CCCCOC(=O)OCC1CC=CCC1.Cn1ccnc1.OCC1CC=CCC1. The van der Waals surface area contributed by atoms with Crippen LogP contribution < -0.4 is 0 Å². The molecule has 212 valence electrons. The Kier molecular flexibility index (Phi) is 23.7. The molecule has 8 nitrogen and oxygen atoms in total. The molecule has 1 heterocycles. The highest BCUT2D eigenvalue weighted by atomic mass is 35.5. The van der Waals surface area contributed by atoms with Gasteiger partial charge in [0.25, 0.3) is 0 Å². The maximum Gasteiger partial charge on any atom is 0.508 e. The average Bonchev–Trinajstić information content (AvgIpc) is 3.41. The van der Waals surface area contributed by atoms with Crippen LogP contribution >= 0.6 is 11.6 Å². The zero-order chi connectivity index (χ0) is 27.6. The molecule has 2 unspecified atom stereocenters. The summed E-state index contributed by atoms with van der Waals surface area (Å²) < 4.78 is 16.2. The molecule has 3 rings (SSSR count). The number of hydrogen-bond acceptors (Lipinski definition) is 7. The third-order valence-corrected chi connectivity index (χ3v) is 5.63. The van der Waals surface area contributed by atoms with E-state index in [2.05, 4.69) is 40.9 Å². The molecule has 0 fully saturated rings. The van der Waals surface area contributed by atoms with Crippen LogP contribution in [0.4, 0.5) is 9.59 Å². The molecule has 0 saturated heterocycles. The van der Waals surface area contributed by atoms with E-state index < -0.39 is 11.6 Å². The fraction of sp³-hybridized carbons (Fsp3) is 0.679. The summed E-state index contributed by atoms with van der Waals surface area (Å²) in [6, 6.07) is 0. The number of carbonyl (C=O) groups is 2. The Morgan fingerprint density at radius 1 is 0.946 bits per heavy atom. The number of aliphatic hydroxyl groups excluding tert-OH is 1. The van der Waals surface area contributed by atoms with Crippen molar-refractivity contribution in [3.05, 3.63) is 43.0 Å². The number of halogens is 1. The lowest BCUT2D eigenvalue weighted by atomic mass is 9.95. The fourth-order valence-electron chi connectivity index (χ4n) is 3.18. The summed E-state index contributed by atoms with van der Waals surface area (Å²) in [4.78, 5) is 24.7. The highest BCUT2D eigenvalue weighted by Gasteiger charge is 2.13. The van der Waals surface area contributed by atoms with Crippen LogP contribution in [-0.4, -0.2) is 52.7 Å². The minimum Gasteiger partial charge on any atom is -0.454 e. The van der Waals surface area contributed by atoms with Crippen molar-refractivity contribution in [2.45, 2.75) is 78.1 Å². The number of aliphatic hydroxyl groups is 1. The van der Waals surface area contributed by atoms with Gasteiger partial charge in [-0.15, -0.1) is 0 Å². The first kappa shape index (κ1) is 34.7. The van der Waals surface area contributed by atoms with Crippen LogP contribution in [0.1, 0.15) is 78.1 Å². The molecule has 1 aromatic heterocycles. The van der Waals surface area contributed by atoms with Crippen molar-refractivity contribution in [3.63, 3.8) is 0 Å². The van der Waals surface area contributed by atoms with E-state index in [1.807, 2.05) is 24.7 Å². The van der Waals surface area contributed by atoms with Crippen molar-refractivity contribution in [2.24, 2.45) is 18.9 Å². The number of hydrogen-bond donors (Lipinski definition) is 1. The van der Waals surface area contributed by atoms with Crippen molar-refractivity contribution in [2.75, 3.05) is 26.4 Å². The Morgan fingerprint density at radius 2 is 1.54 bits per heavy atom. The lowest BCUT2D eigenvalue weighted by Gasteiger charge is -2.17. The topological polar surface area (TPSA) is 99.9 Å². The molecule has 0 aromatic carbocycles. The third-order valence-electron chi connectivity index (χ3n) is 5.52. The smallest absolute Gasteiger partial charge is 0.454 e. The molecule has 0 amide bonds. The Labute approximate surface area is 228 Å². The number of carbonyl (C=O) groups excluding carboxylic acids is 2. The molecule has 0 spiro atoms. The maximum absolute atomic E-state index is 11.1. The van der Waals surface area contributed by atoms with Gasteiger partial charge in [-0.1, -0.05) is 51.0 Å². The summed E-state index contributed by atoms with van der Waals surface area (Å²) in [5, 5.41) is 8.66. The van der Waals surface area contributed by atoms with Crippen LogP contribution in [0.3, 0.4) is 0 Å². The number of unbranched alkanes of at least 4 members (excludes halogenated alkanes) is 2. The summed E-state index contributed by atoms with van der Waals surface area (Å²) in [5.74, 6) is 1.04. The van der Waals surface area contributed by atoms with Crippen LogP contribution in [0.5, 0.6) is 0 Å².